The number of benzene rings is 1. The Kier molecular flexibility index (Phi) is 4.94. The third-order valence-electron chi connectivity index (χ3n) is 5.30. The van der Waals surface area contributed by atoms with Crippen molar-refractivity contribution in [2.45, 2.75) is 39.3 Å². The third-order valence-corrected chi connectivity index (χ3v) is 5.30. The summed E-state index contributed by atoms with van der Waals surface area (Å²) in [6, 6.07) is 12.8. The van der Waals surface area contributed by atoms with E-state index in [-0.39, 0.29) is 11.9 Å². The van der Waals surface area contributed by atoms with Crippen LogP contribution in [-0.2, 0) is 24.2 Å². The van der Waals surface area contributed by atoms with E-state index in [1.807, 2.05) is 29.7 Å². The van der Waals surface area contributed by atoms with Crippen molar-refractivity contribution in [3.05, 3.63) is 71.2 Å². The first kappa shape index (κ1) is 17.7. The molecule has 2 aromatic heterocycles. The molecule has 0 radical (unpaired) electrons. The SMILES string of the molecule is Cc1cccn2c(CC(=O)NC(C)CN3CCc4ccccc4C3)cnc12. The fourth-order valence-corrected chi connectivity index (χ4v) is 3.97. The van der Waals surface area contributed by atoms with Gasteiger partial charge in [0.05, 0.1) is 12.1 Å². The summed E-state index contributed by atoms with van der Waals surface area (Å²) in [7, 11) is 0. The van der Waals surface area contributed by atoms with Crippen LogP contribution in [0.5, 0.6) is 0 Å². The second kappa shape index (κ2) is 7.53. The van der Waals surface area contributed by atoms with Gasteiger partial charge < -0.3 is 9.72 Å². The molecule has 0 saturated heterocycles. The van der Waals surface area contributed by atoms with E-state index in [2.05, 4.69) is 46.4 Å². The van der Waals surface area contributed by atoms with Gasteiger partial charge in [-0.25, -0.2) is 4.98 Å². The van der Waals surface area contributed by atoms with E-state index in [1.165, 1.54) is 11.1 Å². The number of aromatic nitrogens is 2. The second-order valence-corrected chi connectivity index (χ2v) is 7.53. The summed E-state index contributed by atoms with van der Waals surface area (Å²) >= 11 is 0. The second-order valence-electron chi connectivity index (χ2n) is 7.53. The van der Waals surface area contributed by atoms with Crippen LogP contribution < -0.4 is 5.32 Å². The number of hydrogen-bond donors (Lipinski definition) is 1. The summed E-state index contributed by atoms with van der Waals surface area (Å²) in [6.07, 6.45) is 5.19. The highest BCUT2D eigenvalue weighted by atomic mass is 16.1. The van der Waals surface area contributed by atoms with Crippen LogP contribution in [0.25, 0.3) is 5.65 Å². The summed E-state index contributed by atoms with van der Waals surface area (Å²) in [6.45, 7) is 6.99. The predicted molar refractivity (Wildman–Crippen MR) is 107 cm³/mol. The number of fused-ring (bicyclic) bond motifs is 2. The lowest BCUT2D eigenvalue weighted by Crippen LogP contribution is -2.44. The van der Waals surface area contributed by atoms with Gasteiger partial charge in [-0.3, -0.25) is 9.69 Å². The maximum Gasteiger partial charge on any atom is 0.226 e. The molecule has 0 aliphatic carbocycles. The lowest BCUT2D eigenvalue weighted by atomic mass is 10.00. The molecule has 0 spiro atoms. The van der Waals surface area contributed by atoms with Gasteiger partial charge in [0.2, 0.25) is 5.91 Å². The quantitative estimate of drug-likeness (QED) is 0.759. The smallest absolute Gasteiger partial charge is 0.226 e. The lowest BCUT2D eigenvalue weighted by molar-refractivity contribution is -0.121. The number of hydrogen-bond acceptors (Lipinski definition) is 3. The standard InChI is InChI=1S/C22H26N4O/c1-16-6-5-10-26-20(13-23-22(16)26)12-21(27)24-17(2)14-25-11-9-18-7-3-4-8-19(18)15-25/h3-8,10,13,17H,9,11-12,14-15H2,1-2H3,(H,24,27). The first-order valence-corrected chi connectivity index (χ1v) is 9.60. The molecule has 1 aliphatic rings. The Labute approximate surface area is 160 Å². The van der Waals surface area contributed by atoms with Crippen LogP contribution in [0.4, 0.5) is 0 Å². The zero-order chi connectivity index (χ0) is 18.8. The van der Waals surface area contributed by atoms with Crippen LogP contribution in [0.15, 0.2) is 48.8 Å². The third kappa shape index (κ3) is 3.88. The molecule has 1 amide bonds. The summed E-state index contributed by atoms with van der Waals surface area (Å²) < 4.78 is 2.00. The van der Waals surface area contributed by atoms with Gasteiger partial charge >= 0.3 is 0 Å². The zero-order valence-electron chi connectivity index (χ0n) is 16.0. The maximum absolute atomic E-state index is 12.5. The van der Waals surface area contributed by atoms with Crippen LogP contribution >= 0.6 is 0 Å². The number of rotatable bonds is 5. The summed E-state index contributed by atoms with van der Waals surface area (Å²) in [5.74, 6) is 0.0446. The van der Waals surface area contributed by atoms with E-state index >= 15 is 0 Å². The highest BCUT2D eigenvalue weighted by Crippen LogP contribution is 2.18. The van der Waals surface area contributed by atoms with Gasteiger partial charge in [-0.2, -0.15) is 0 Å². The maximum atomic E-state index is 12.5. The molecule has 1 unspecified atom stereocenters. The normalized spacial score (nSPS) is 15.5. The zero-order valence-corrected chi connectivity index (χ0v) is 16.0. The van der Waals surface area contributed by atoms with Crippen molar-refractivity contribution < 1.29 is 4.79 Å². The molecule has 3 heterocycles. The number of nitrogens with one attached hydrogen (secondary N) is 1. The molecular formula is C22H26N4O. The van der Waals surface area contributed by atoms with E-state index in [4.69, 9.17) is 0 Å². The molecule has 1 aromatic carbocycles. The number of carbonyl (C=O) groups is 1. The monoisotopic (exact) mass is 362 g/mol. The minimum absolute atomic E-state index is 0.0446. The molecule has 1 N–H and O–H groups in total. The van der Waals surface area contributed by atoms with Gasteiger partial charge in [0.15, 0.2) is 0 Å². The van der Waals surface area contributed by atoms with Gasteiger partial charge in [-0.15, -0.1) is 0 Å². The van der Waals surface area contributed by atoms with Gasteiger partial charge in [0.25, 0.3) is 0 Å². The van der Waals surface area contributed by atoms with Gasteiger partial charge in [-0.05, 0) is 43.0 Å². The molecule has 3 aromatic rings. The Hall–Kier alpha value is -2.66. The van der Waals surface area contributed by atoms with Crippen molar-refractivity contribution in [1.29, 1.82) is 0 Å². The number of imidazole rings is 1. The molecule has 4 rings (SSSR count). The highest BCUT2D eigenvalue weighted by Gasteiger charge is 2.19. The Morgan fingerprint density at radius 1 is 1.22 bits per heavy atom. The Morgan fingerprint density at radius 2 is 2.04 bits per heavy atom. The minimum atomic E-state index is 0.0446. The Bertz CT molecular complexity index is 962. The molecule has 0 saturated carbocycles. The molecule has 1 aliphatic heterocycles. The van der Waals surface area contributed by atoms with Crippen LogP contribution in [-0.4, -0.2) is 39.3 Å². The number of aryl methyl sites for hydroxylation is 1. The van der Waals surface area contributed by atoms with E-state index in [0.717, 1.165) is 43.0 Å². The van der Waals surface area contributed by atoms with Gasteiger partial charge in [0, 0.05) is 38.1 Å². The molecule has 140 valence electrons. The Balaban J connectivity index is 1.34. The van der Waals surface area contributed by atoms with E-state index in [1.54, 1.807) is 6.20 Å². The number of carbonyl (C=O) groups excluding carboxylic acids is 1. The van der Waals surface area contributed by atoms with Crippen LogP contribution in [0.3, 0.4) is 0 Å². The highest BCUT2D eigenvalue weighted by molar-refractivity contribution is 5.78. The number of pyridine rings is 1. The summed E-state index contributed by atoms with van der Waals surface area (Å²) in [5, 5.41) is 3.15. The van der Waals surface area contributed by atoms with Crippen molar-refractivity contribution in [2.75, 3.05) is 13.1 Å². The summed E-state index contributed by atoms with van der Waals surface area (Å²) in [5.41, 5.74) is 5.81. The van der Waals surface area contributed by atoms with Crippen molar-refractivity contribution in [3.8, 4) is 0 Å². The number of amides is 1. The number of nitrogens with zero attached hydrogens (tertiary/aromatic N) is 3. The average Bonchev–Trinajstić information content (AvgIpc) is 3.05. The predicted octanol–water partition coefficient (Wildman–Crippen LogP) is 2.75. The van der Waals surface area contributed by atoms with Crippen molar-refractivity contribution >= 4 is 11.6 Å². The van der Waals surface area contributed by atoms with Crippen molar-refractivity contribution in [3.63, 3.8) is 0 Å². The fraction of sp³-hybridized carbons (Fsp3) is 0.364. The van der Waals surface area contributed by atoms with E-state index in [9.17, 15) is 4.79 Å². The topological polar surface area (TPSA) is 49.6 Å². The van der Waals surface area contributed by atoms with Crippen LogP contribution in [0.1, 0.15) is 29.3 Å². The minimum Gasteiger partial charge on any atom is -0.352 e. The van der Waals surface area contributed by atoms with Gasteiger partial charge in [0.1, 0.15) is 5.65 Å². The van der Waals surface area contributed by atoms with Crippen LogP contribution in [0, 0.1) is 6.92 Å². The molecular weight excluding hydrogens is 336 g/mol. The molecule has 5 heteroatoms. The first-order chi connectivity index (χ1) is 13.1. The molecule has 1 atom stereocenters. The molecule has 0 fully saturated rings. The molecule has 0 bridgehead atoms. The van der Waals surface area contributed by atoms with Crippen molar-refractivity contribution in [1.82, 2.24) is 19.6 Å². The molecule has 27 heavy (non-hydrogen) atoms. The fourth-order valence-electron chi connectivity index (χ4n) is 3.97. The largest absolute Gasteiger partial charge is 0.352 e. The van der Waals surface area contributed by atoms with E-state index in [0.29, 0.717) is 6.42 Å². The average molecular weight is 362 g/mol. The van der Waals surface area contributed by atoms with Crippen LogP contribution in [0.2, 0.25) is 0 Å². The van der Waals surface area contributed by atoms with Gasteiger partial charge in [-0.1, -0.05) is 30.3 Å². The summed E-state index contributed by atoms with van der Waals surface area (Å²) in [4.78, 5) is 19.4. The van der Waals surface area contributed by atoms with Crippen molar-refractivity contribution in [2.24, 2.45) is 0 Å². The van der Waals surface area contributed by atoms with E-state index < -0.39 is 0 Å². The first-order valence-electron chi connectivity index (χ1n) is 9.60. The Morgan fingerprint density at radius 3 is 2.89 bits per heavy atom. The molecule has 5 nitrogen and oxygen atoms in total. The lowest BCUT2D eigenvalue weighted by Gasteiger charge is -2.31.